The van der Waals surface area contributed by atoms with Crippen LogP contribution in [0.3, 0.4) is 0 Å². The highest BCUT2D eigenvalue weighted by molar-refractivity contribution is 9.10. The summed E-state index contributed by atoms with van der Waals surface area (Å²) in [4.78, 5) is 22.6. The summed E-state index contributed by atoms with van der Waals surface area (Å²) in [5, 5.41) is 12.0. The van der Waals surface area contributed by atoms with Crippen molar-refractivity contribution in [2.45, 2.75) is 26.7 Å². The Morgan fingerprint density at radius 1 is 1.37 bits per heavy atom. The lowest BCUT2D eigenvalue weighted by molar-refractivity contribution is -0.139. The van der Waals surface area contributed by atoms with E-state index in [0.717, 1.165) is 4.47 Å². The van der Waals surface area contributed by atoms with Gasteiger partial charge in [0.15, 0.2) is 0 Å². The molecular weight excluding hydrogens is 334 g/mol. The molecule has 0 fully saturated rings. The largest absolute Gasteiger partial charge is 0.481 e. The summed E-state index contributed by atoms with van der Waals surface area (Å²) in [5.74, 6) is -1.16. The van der Waals surface area contributed by atoms with Gasteiger partial charge in [-0.15, -0.1) is 0 Å². The van der Waals surface area contributed by atoms with Crippen molar-refractivity contribution in [3.05, 3.63) is 27.7 Å². The molecule has 0 aliphatic rings. The Morgan fingerprint density at radius 2 is 2.00 bits per heavy atom. The lowest BCUT2D eigenvalue weighted by atomic mass is 9.85. The van der Waals surface area contributed by atoms with Crippen molar-refractivity contribution in [1.29, 1.82) is 0 Å². The molecule has 1 aromatic carbocycles. The maximum absolute atomic E-state index is 11.9. The van der Waals surface area contributed by atoms with Gasteiger partial charge in [0.05, 0.1) is 12.1 Å². The van der Waals surface area contributed by atoms with Crippen molar-refractivity contribution < 1.29 is 14.7 Å². The third kappa shape index (κ3) is 5.61. The van der Waals surface area contributed by atoms with Crippen molar-refractivity contribution >= 4 is 45.1 Å². The second kappa shape index (κ2) is 6.39. The van der Waals surface area contributed by atoms with Gasteiger partial charge in [-0.25, -0.2) is 0 Å². The maximum atomic E-state index is 11.9. The van der Waals surface area contributed by atoms with E-state index in [-0.39, 0.29) is 18.7 Å². The van der Waals surface area contributed by atoms with Crippen molar-refractivity contribution in [3.8, 4) is 0 Å². The normalized spacial score (nSPS) is 11.2. The predicted molar refractivity (Wildman–Crippen MR) is 78.4 cm³/mol. The van der Waals surface area contributed by atoms with Crippen molar-refractivity contribution in [2.75, 3.05) is 5.32 Å². The fourth-order valence-electron chi connectivity index (χ4n) is 1.69. The minimum atomic E-state index is -0.915. The maximum Gasteiger partial charge on any atom is 0.303 e. The average molecular weight is 349 g/mol. The highest BCUT2D eigenvalue weighted by Gasteiger charge is 2.25. The lowest BCUT2D eigenvalue weighted by Crippen LogP contribution is -2.24. The molecule has 0 radical (unpaired) electrons. The number of halogens is 2. The van der Waals surface area contributed by atoms with Crippen LogP contribution in [0.15, 0.2) is 22.7 Å². The fraction of sp³-hybridized carbons (Fsp3) is 0.385. The van der Waals surface area contributed by atoms with Gasteiger partial charge >= 0.3 is 5.97 Å². The van der Waals surface area contributed by atoms with Gasteiger partial charge < -0.3 is 10.4 Å². The second-order valence-corrected chi connectivity index (χ2v) is 6.37. The molecule has 1 amide bonds. The molecule has 0 aromatic heterocycles. The Morgan fingerprint density at radius 3 is 2.58 bits per heavy atom. The molecule has 0 aliphatic carbocycles. The first-order valence-electron chi connectivity index (χ1n) is 5.66. The van der Waals surface area contributed by atoms with E-state index in [0.29, 0.717) is 10.7 Å². The third-order valence-electron chi connectivity index (χ3n) is 2.47. The van der Waals surface area contributed by atoms with Crippen LogP contribution in [0.5, 0.6) is 0 Å². The standard InChI is InChI=1S/C13H15BrClNO3/c1-13(2,7-12(18)19)6-11(17)16-10-5-8(15)3-4-9(10)14/h3-5H,6-7H2,1-2H3,(H,16,17)(H,18,19). The topological polar surface area (TPSA) is 66.4 Å². The number of carbonyl (C=O) groups is 2. The van der Waals surface area contributed by atoms with E-state index in [2.05, 4.69) is 21.2 Å². The molecular formula is C13H15BrClNO3. The van der Waals surface area contributed by atoms with Crippen LogP contribution in [0.25, 0.3) is 0 Å². The van der Waals surface area contributed by atoms with Crippen LogP contribution in [-0.2, 0) is 9.59 Å². The SMILES string of the molecule is CC(C)(CC(=O)O)CC(=O)Nc1cc(Cl)ccc1Br. The van der Waals surface area contributed by atoms with Crippen LogP contribution in [0.2, 0.25) is 5.02 Å². The highest BCUT2D eigenvalue weighted by Crippen LogP contribution is 2.29. The molecule has 0 bridgehead atoms. The molecule has 0 heterocycles. The number of carbonyl (C=O) groups excluding carboxylic acids is 1. The Labute approximate surface area is 125 Å². The van der Waals surface area contributed by atoms with Crippen molar-refractivity contribution in [1.82, 2.24) is 0 Å². The van der Waals surface area contributed by atoms with Crippen LogP contribution in [0.4, 0.5) is 5.69 Å². The molecule has 0 atom stereocenters. The summed E-state index contributed by atoms with van der Waals surface area (Å²) < 4.78 is 0.723. The Hall–Kier alpha value is -1.07. The number of rotatable bonds is 5. The number of benzene rings is 1. The molecule has 0 saturated carbocycles. The van der Waals surface area contributed by atoms with Crippen LogP contribution in [0, 0.1) is 5.41 Å². The number of carboxylic acids is 1. The zero-order valence-electron chi connectivity index (χ0n) is 10.7. The number of carboxylic acid groups (broad SMARTS) is 1. The quantitative estimate of drug-likeness (QED) is 0.847. The lowest BCUT2D eigenvalue weighted by Gasteiger charge is -2.21. The minimum absolute atomic E-state index is 0.0584. The van der Waals surface area contributed by atoms with Crippen LogP contribution in [-0.4, -0.2) is 17.0 Å². The van der Waals surface area contributed by atoms with Crippen LogP contribution < -0.4 is 5.32 Å². The monoisotopic (exact) mass is 347 g/mol. The van der Waals surface area contributed by atoms with Crippen molar-refractivity contribution in [2.24, 2.45) is 5.41 Å². The van der Waals surface area contributed by atoms with E-state index in [4.69, 9.17) is 16.7 Å². The average Bonchev–Trinajstić information content (AvgIpc) is 2.20. The summed E-state index contributed by atoms with van der Waals surface area (Å²) in [6, 6.07) is 5.07. The molecule has 104 valence electrons. The van der Waals surface area contributed by atoms with Crippen molar-refractivity contribution in [3.63, 3.8) is 0 Å². The van der Waals surface area contributed by atoms with Crippen LogP contribution in [0.1, 0.15) is 26.7 Å². The van der Waals surface area contributed by atoms with E-state index in [1.165, 1.54) is 0 Å². The number of anilines is 1. The van der Waals surface area contributed by atoms with Gasteiger partial charge in [0.25, 0.3) is 0 Å². The van der Waals surface area contributed by atoms with Gasteiger partial charge in [-0.1, -0.05) is 25.4 Å². The highest BCUT2D eigenvalue weighted by atomic mass is 79.9. The molecule has 19 heavy (non-hydrogen) atoms. The molecule has 1 rings (SSSR count). The van der Waals surface area contributed by atoms with Gasteiger partial charge in [-0.3, -0.25) is 9.59 Å². The smallest absolute Gasteiger partial charge is 0.303 e. The van der Waals surface area contributed by atoms with Gasteiger partial charge in [-0.05, 0) is 39.5 Å². The minimum Gasteiger partial charge on any atom is -0.481 e. The molecule has 0 saturated heterocycles. The van der Waals surface area contributed by atoms with E-state index < -0.39 is 11.4 Å². The molecule has 2 N–H and O–H groups in total. The summed E-state index contributed by atoms with van der Waals surface area (Å²) in [6.45, 7) is 3.49. The van der Waals surface area contributed by atoms with Gasteiger partial charge in [0.2, 0.25) is 5.91 Å². The second-order valence-electron chi connectivity index (χ2n) is 5.08. The number of amides is 1. The molecule has 4 nitrogen and oxygen atoms in total. The summed E-state index contributed by atoms with van der Waals surface area (Å²) in [6.07, 6.45) is 0.0649. The third-order valence-corrected chi connectivity index (χ3v) is 3.40. The fourth-order valence-corrected chi connectivity index (χ4v) is 2.21. The summed E-state index contributed by atoms with van der Waals surface area (Å²) in [5.41, 5.74) is -0.0235. The summed E-state index contributed by atoms with van der Waals surface area (Å²) >= 11 is 9.16. The number of hydrogen-bond acceptors (Lipinski definition) is 2. The zero-order valence-corrected chi connectivity index (χ0v) is 13.0. The van der Waals surface area contributed by atoms with Crippen LogP contribution >= 0.6 is 27.5 Å². The van der Waals surface area contributed by atoms with E-state index in [9.17, 15) is 9.59 Å². The molecule has 0 unspecified atom stereocenters. The summed E-state index contributed by atoms with van der Waals surface area (Å²) in [7, 11) is 0. The molecule has 0 spiro atoms. The van der Waals surface area contributed by atoms with Gasteiger partial charge in [0.1, 0.15) is 0 Å². The first kappa shape index (κ1) is 16.0. The van der Waals surface area contributed by atoms with E-state index in [1.54, 1.807) is 32.0 Å². The van der Waals surface area contributed by atoms with Gasteiger partial charge in [0, 0.05) is 15.9 Å². The molecule has 6 heteroatoms. The van der Waals surface area contributed by atoms with Gasteiger partial charge in [-0.2, -0.15) is 0 Å². The number of aliphatic carboxylic acids is 1. The molecule has 1 aromatic rings. The Balaban J connectivity index is 2.70. The number of hydrogen-bond donors (Lipinski definition) is 2. The first-order valence-corrected chi connectivity index (χ1v) is 6.83. The number of nitrogens with one attached hydrogen (secondary N) is 1. The predicted octanol–water partition coefficient (Wildman–Crippen LogP) is 3.93. The first-order chi connectivity index (χ1) is 8.69. The van der Waals surface area contributed by atoms with E-state index in [1.807, 2.05) is 0 Å². The Kier molecular flexibility index (Phi) is 5.38. The zero-order chi connectivity index (χ0) is 14.6. The Bertz CT molecular complexity index is 503. The van der Waals surface area contributed by atoms with E-state index >= 15 is 0 Å². The molecule has 0 aliphatic heterocycles.